The van der Waals surface area contributed by atoms with Crippen molar-refractivity contribution in [1.82, 2.24) is 14.7 Å². The van der Waals surface area contributed by atoms with E-state index in [0.29, 0.717) is 12.5 Å². The van der Waals surface area contributed by atoms with Crippen molar-refractivity contribution in [2.24, 2.45) is 7.05 Å². The molecule has 0 aliphatic rings. The van der Waals surface area contributed by atoms with Crippen LogP contribution in [0.3, 0.4) is 0 Å². The maximum atomic E-state index is 12.4. The highest BCUT2D eigenvalue weighted by Gasteiger charge is 2.19. The highest BCUT2D eigenvalue weighted by molar-refractivity contribution is 5.76. The number of aliphatic hydroxyl groups excluding tert-OH is 1. The Morgan fingerprint density at radius 1 is 1.30 bits per heavy atom. The van der Waals surface area contributed by atoms with E-state index in [1.807, 2.05) is 43.6 Å². The molecule has 0 bridgehead atoms. The van der Waals surface area contributed by atoms with Crippen LogP contribution in [0.1, 0.15) is 49.1 Å². The molecule has 0 aliphatic heterocycles. The highest BCUT2D eigenvalue weighted by Crippen LogP contribution is 2.21. The summed E-state index contributed by atoms with van der Waals surface area (Å²) >= 11 is 0. The van der Waals surface area contributed by atoms with Crippen LogP contribution in [0, 0.1) is 0 Å². The molecule has 0 spiro atoms. The fourth-order valence-electron chi connectivity index (χ4n) is 2.62. The number of amides is 1. The molecule has 0 radical (unpaired) electrons. The van der Waals surface area contributed by atoms with E-state index in [2.05, 4.69) is 18.9 Å². The number of aryl methyl sites for hydroxylation is 1. The molecule has 2 rings (SSSR count). The Kier molecular flexibility index (Phi) is 5.55. The fraction of sp³-hybridized carbons (Fsp3) is 0.444. The number of rotatable bonds is 6. The minimum absolute atomic E-state index is 0.0811. The van der Waals surface area contributed by atoms with Crippen LogP contribution >= 0.6 is 0 Å². The summed E-state index contributed by atoms with van der Waals surface area (Å²) in [6.07, 6.45) is 1.26. The monoisotopic (exact) mass is 315 g/mol. The van der Waals surface area contributed by atoms with Gasteiger partial charge < -0.3 is 10.0 Å². The van der Waals surface area contributed by atoms with E-state index in [0.717, 1.165) is 16.8 Å². The predicted octanol–water partition coefficient (Wildman–Crippen LogP) is 2.63. The zero-order chi connectivity index (χ0) is 17.0. The first kappa shape index (κ1) is 17.2. The van der Waals surface area contributed by atoms with Crippen LogP contribution < -0.4 is 0 Å². The van der Waals surface area contributed by atoms with Gasteiger partial charge in [0, 0.05) is 32.4 Å². The number of carbonyl (C=O) groups excluding carboxylic acids is 1. The van der Waals surface area contributed by atoms with Crippen molar-refractivity contribution in [2.75, 3.05) is 7.05 Å². The van der Waals surface area contributed by atoms with Gasteiger partial charge in [-0.1, -0.05) is 44.2 Å². The second kappa shape index (κ2) is 7.42. The predicted molar refractivity (Wildman–Crippen MR) is 89.8 cm³/mol. The quantitative estimate of drug-likeness (QED) is 0.891. The molecule has 1 amide bonds. The SMILES string of the molecule is CC(C)c1nn(C)cc1CN(C)C(=O)CC(O)c1ccccc1. The van der Waals surface area contributed by atoms with Crippen LogP contribution in [0.5, 0.6) is 0 Å². The maximum Gasteiger partial charge on any atom is 0.225 e. The van der Waals surface area contributed by atoms with Gasteiger partial charge in [-0.25, -0.2) is 0 Å². The maximum absolute atomic E-state index is 12.4. The minimum Gasteiger partial charge on any atom is -0.388 e. The molecule has 23 heavy (non-hydrogen) atoms. The number of hydrogen-bond donors (Lipinski definition) is 1. The molecule has 0 aliphatic carbocycles. The van der Waals surface area contributed by atoms with E-state index >= 15 is 0 Å². The Morgan fingerprint density at radius 2 is 1.96 bits per heavy atom. The lowest BCUT2D eigenvalue weighted by molar-refractivity contribution is -0.132. The Bertz CT molecular complexity index is 650. The summed E-state index contributed by atoms with van der Waals surface area (Å²) < 4.78 is 1.78. The van der Waals surface area contributed by atoms with Crippen molar-refractivity contribution in [2.45, 2.75) is 38.8 Å². The zero-order valence-electron chi connectivity index (χ0n) is 14.2. The van der Waals surface area contributed by atoms with Gasteiger partial charge in [0.05, 0.1) is 18.2 Å². The highest BCUT2D eigenvalue weighted by atomic mass is 16.3. The number of benzene rings is 1. The number of aliphatic hydroxyl groups is 1. The summed E-state index contributed by atoms with van der Waals surface area (Å²) in [4.78, 5) is 14.0. The molecule has 1 aromatic heterocycles. The van der Waals surface area contributed by atoms with Crippen LogP contribution in [0.2, 0.25) is 0 Å². The summed E-state index contributed by atoms with van der Waals surface area (Å²) in [5, 5.41) is 14.6. The van der Waals surface area contributed by atoms with Crippen LogP contribution in [0.25, 0.3) is 0 Å². The Labute approximate surface area is 137 Å². The average molecular weight is 315 g/mol. The van der Waals surface area contributed by atoms with E-state index < -0.39 is 6.10 Å². The molecule has 0 saturated heterocycles. The standard InChI is InChI=1S/C18H25N3O2/c1-13(2)18-15(12-21(4)19-18)11-20(3)17(23)10-16(22)14-8-6-5-7-9-14/h5-9,12-13,16,22H,10-11H2,1-4H3. The lowest BCUT2D eigenvalue weighted by Crippen LogP contribution is -2.28. The van der Waals surface area contributed by atoms with Gasteiger partial charge in [-0.05, 0) is 11.5 Å². The van der Waals surface area contributed by atoms with Crippen molar-refractivity contribution in [3.63, 3.8) is 0 Å². The second-order valence-corrected chi connectivity index (χ2v) is 6.25. The van der Waals surface area contributed by atoms with E-state index in [1.54, 1.807) is 16.6 Å². The van der Waals surface area contributed by atoms with Crippen LogP contribution in [0.15, 0.2) is 36.5 Å². The zero-order valence-corrected chi connectivity index (χ0v) is 14.2. The van der Waals surface area contributed by atoms with Crippen molar-refractivity contribution >= 4 is 5.91 Å². The van der Waals surface area contributed by atoms with Crippen molar-refractivity contribution in [3.05, 3.63) is 53.3 Å². The largest absolute Gasteiger partial charge is 0.388 e. The molecule has 2 aromatic rings. The molecule has 0 saturated carbocycles. The second-order valence-electron chi connectivity index (χ2n) is 6.25. The summed E-state index contributed by atoms with van der Waals surface area (Å²) in [6, 6.07) is 9.26. The first-order valence-corrected chi connectivity index (χ1v) is 7.88. The topological polar surface area (TPSA) is 58.4 Å². The van der Waals surface area contributed by atoms with Gasteiger partial charge in [-0.2, -0.15) is 5.10 Å². The number of aromatic nitrogens is 2. The third-order valence-electron chi connectivity index (χ3n) is 3.87. The third-order valence-corrected chi connectivity index (χ3v) is 3.87. The molecule has 1 atom stereocenters. The minimum atomic E-state index is -0.774. The van der Waals surface area contributed by atoms with Gasteiger partial charge in [0.2, 0.25) is 5.91 Å². The summed E-state index contributed by atoms with van der Waals surface area (Å²) in [7, 11) is 3.65. The third kappa shape index (κ3) is 4.42. The van der Waals surface area contributed by atoms with E-state index in [4.69, 9.17) is 0 Å². The molecule has 124 valence electrons. The fourth-order valence-corrected chi connectivity index (χ4v) is 2.62. The lowest BCUT2D eigenvalue weighted by Gasteiger charge is -2.20. The normalized spacial score (nSPS) is 12.4. The van der Waals surface area contributed by atoms with Crippen molar-refractivity contribution in [1.29, 1.82) is 0 Å². The van der Waals surface area contributed by atoms with Gasteiger partial charge in [0.25, 0.3) is 0 Å². The molecule has 1 N–H and O–H groups in total. The van der Waals surface area contributed by atoms with Gasteiger partial charge in [0.1, 0.15) is 0 Å². The molecule has 0 fully saturated rings. The average Bonchev–Trinajstić information content (AvgIpc) is 2.88. The van der Waals surface area contributed by atoms with E-state index in [-0.39, 0.29) is 12.3 Å². The molecular formula is C18H25N3O2. The summed E-state index contributed by atoms with van der Waals surface area (Å²) in [5.74, 6) is 0.226. The molecule has 5 heteroatoms. The molecule has 1 aromatic carbocycles. The van der Waals surface area contributed by atoms with Gasteiger partial charge >= 0.3 is 0 Å². The van der Waals surface area contributed by atoms with E-state index in [1.165, 1.54) is 0 Å². The Hall–Kier alpha value is -2.14. The van der Waals surface area contributed by atoms with Crippen LogP contribution in [0.4, 0.5) is 0 Å². The van der Waals surface area contributed by atoms with Crippen LogP contribution in [-0.2, 0) is 18.4 Å². The Balaban J connectivity index is 2.00. The van der Waals surface area contributed by atoms with Gasteiger partial charge in [0.15, 0.2) is 0 Å². The smallest absolute Gasteiger partial charge is 0.225 e. The van der Waals surface area contributed by atoms with Gasteiger partial charge in [-0.15, -0.1) is 0 Å². The first-order chi connectivity index (χ1) is 10.9. The first-order valence-electron chi connectivity index (χ1n) is 7.88. The number of nitrogens with zero attached hydrogens (tertiary/aromatic N) is 3. The van der Waals surface area contributed by atoms with E-state index in [9.17, 15) is 9.90 Å². The Morgan fingerprint density at radius 3 is 2.57 bits per heavy atom. The van der Waals surface area contributed by atoms with Gasteiger partial charge in [-0.3, -0.25) is 9.48 Å². The lowest BCUT2D eigenvalue weighted by atomic mass is 10.0. The van der Waals surface area contributed by atoms with Crippen LogP contribution in [-0.4, -0.2) is 32.7 Å². The van der Waals surface area contributed by atoms with Crippen molar-refractivity contribution < 1.29 is 9.90 Å². The molecular weight excluding hydrogens is 290 g/mol. The summed E-state index contributed by atoms with van der Waals surface area (Å²) in [6.45, 7) is 4.68. The molecule has 5 nitrogen and oxygen atoms in total. The summed E-state index contributed by atoms with van der Waals surface area (Å²) in [5.41, 5.74) is 2.82. The number of hydrogen-bond acceptors (Lipinski definition) is 3. The number of carbonyl (C=O) groups is 1. The van der Waals surface area contributed by atoms with Crippen molar-refractivity contribution in [3.8, 4) is 0 Å². The molecule has 1 heterocycles. The molecule has 1 unspecified atom stereocenters.